The maximum atomic E-state index is 12.2. The lowest BCUT2D eigenvalue weighted by atomic mass is 10.0. The number of rotatable bonds is 3. The number of nitrogens with one attached hydrogen (secondary N) is 1. The number of halogens is 1. The summed E-state index contributed by atoms with van der Waals surface area (Å²) < 4.78 is 27.2. The third-order valence-electron chi connectivity index (χ3n) is 2.99. The van der Waals surface area contributed by atoms with Gasteiger partial charge < -0.3 is 0 Å². The van der Waals surface area contributed by atoms with Gasteiger partial charge in [0.15, 0.2) is 0 Å². The average molecular weight is 330 g/mol. The van der Waals surface area contributed by atoms with Gasteiger partial charge in [-0.25, -0.2) is 13.1 Å². The summed E-state index contributed by atoms with van der Waals surface area (Å²) >= 11 is 3.51. The van der Waals surface area contributed by atoms with E-state index in [0.717, 1.165) is 18.4 Å². The molecule has 0 saturated carbocycles. The topological polar surface area (TPSA) is 46.2 Å². The minimum atomic E-state index is -3.42. The SMILES string of the molecule is Cc1ccc(S(=O)(=O)N[C@@H]2CC=CC[C@H]2Br)cc1. The summed E-state index contributed by atoms with van der Waals surface area (Å²) in [7, 11) is -3.42. The first-order chi connectivity index (χ1) is 8.49. The molecule has 0 heterocycles. The second kappa shape index (κ2) is 5.55. The maximum absolute atomic E-state index is 12.2. The van der Waals surface area contributed by atoms with Crippen LogP contribution in [0.4, 0.5) is 0 Å². The Labute approximate surface area is 116 Å². The van der Waals surface area contributed by atoms with Crippen LogP contribution < -0.4 is 4.72 Å². The quantitative estimate of drug-likeness (QED) is 0.684. The number of allylic oxidation sites excluding steroid dienone is 1. The zero-order valence-electron chi connectivity index (χ0n) is 10.1. The number of benzene rings is 1. The van der Waals surface area contributed by atoms with E-state index in [4.69, 9.17) is 0 Å². The lowest BCUT2D eigenvalue weighted by Gasteiger charge is -2.24. The van der Waals surface area contributed by atoms with Crippen LogP contribution in [0.25, 0.3) is 0 Å². The molecule has 0 aliphatic heterocycles. The molecule has 2 rings (SSSR count). The van der Waals surface area contributed by atoms with Gasteiger partial charge in [0.25, 0.3) is 0 Å². The van der Waals surface area contributed by atoms with Crippen molar-refractivity contribution in [3.8, 4) is 0 Å². The van der Waals surface area contributed by atoms with Crippen LogP contribution in [0, 0.1) is 6.92 Å². The van der Waals surface area contributed by atoms with E-state index in [-0.39, 0.29) is 10.9 Å². The van der Waals surface area contributed by atoms with Crippen LogP contribution in [0.15, 0.2) is 41.3 Å². The van der Waals surface area contributed by atoms with Gasteiger partial charge in [-0.1, -0.05) is 45.8 Å². The Hall–Kier alpha value is -0.650. The molecule has 0 bridgehead atoms. The molecule has 0 saturated heterocycles. The molecular weight excluding hydrogens is 314 g/mol. The Morgan fingerprint density at radius 3 is 2.39 bits per heavy atom. The predicted molar refractivity (Wildman–Crippen MR) is 76.4 cm³/mol. The highest BCUT2D eigenvalue weighted by Crippen LogP contribution is 2.21. The van der Waals surface area contributed by atoms with E-state index in [1.807, 2.05) is 13.0 Å². The fourth-order valence-electron chi connectivity index (χ4n) is 1.89. The van der Waals surface area contributed by atoms with Crippen molar-refractivity contribution < 1.29 is 8.42 Å². The molecule has 0 spiro atoms. The van der Waals surface area contributed by atoms with Gasteiger partial charge in [0.1, 0.15) is 0 Å². The molecule has 1 aromatic carbocycles. The van der Waals surface area contributed by atoms with Crippen molar-refractivity contribution in [2.75, 3.05) is 0 Å². The van der Waals surface area contributed by atoms with Gasteiger partial charge in [-0.3, -0.25) is 0 Å². The molecule has 2 atom stereocenters. The molecule has 0 aromatic heterocycles. The van der Waals surface area contributed by atoms with E-state index >= 15 is 0 Å². The molecule has 1 N–H and O–H groups in total. The van der Waals surface area contributed by atoms with Crippen molar-refractivity contribution in [3.05, 3.63) is 42.0 Å². The molecule has 3 nitrogen and oxygen atoms in total. The largest absolute Gasteiger partial charge is 0.240 e. The van der Waals surface area contributed by atoms with Gasteiger partial charge >= 0.3 is 0 Å². The number of hydrogen-bond acceptors (Lipinski definition) is 2. The van der Waals surface area contributed by atoms with Crippen molar-refractivity contribution in [2.24, 2.45) is 0 Å². The van der Waals surface area contributed by atoms with Gasteiger partial charge in [0.05, 0.1) is 4.90 Å². The number of aryl methyl sites for hydroxylation is 1. The second-order valence-corrected chi connectivity index (χ2v) is 7.39. The third-order valence-corrected chi connectivity index (χ3v) is 5.51. The molecule has 1 aliphatic rings. The standard InChI is InChI=1S/C13H16BrNO2S/c1-10-6-8-11(9-7-10)18(16,17)15-13-5-3-2-4-12(13)14/h2-3,6-9,12-13,15H,4-5H2,1H3/t12-,13-/m1/s1. The maximum Gasteiger partial charge on any atom is 0.240 e. The first-order valence-electron chi connectivity index (χ1n) is 5.87. The summed E-state index contributed by atoms with van der Waals surface area (Å²) in [6.07, 6.45) is 5.65. The monoisotopic (exact) mass is 329 g/mol. The van der Waals surface area contributed by atoms with E-state index in [1.165, 1.54) is 0 Å². The summed E-state index contributed by atoms with van der Waals surface area (Å²) in [5.74, 6) is 0. The highest BCUT2D eigenvalue weighted by molar-refractivity contribution is 9.09. The van der Waals surface area contributed by atoms with E-state index in [1.54, 1.807) is 24.3 Å². The van der Waals surface area contributed by atoms with Crippen LogP contribution in [0.3, 0.4) is 0 Å². The van der Waals surface area contributed by atoms with Crippen LogP contribution in [0.1, 0.15) is 18.4 Å². The van der Waals surface area contributed by atoms with Crippen LogP contribution in [-0.4, -0.2) is 19.3 Å². The first-order valence-corrected chi connectivity index (χ1v) is 8.27. The fourth-order valence-corrected chi connectivity index (χ4v) is 3.92. The third kappa shape index (κ3) is 3.22. The summed E-state index contributed by atoms with van der Waals surface area (Å²) in [5.41, 5.74) is 1.05. The lowest BCUT2D eigenvalue weighted by molar-refractivity contribution is 0.533. The van der Waals surface area contributed by atoms with E-state index < -0.39 is 10.0 Å². The van der Waals surface area contributed by atoms with Crippen molar-refractivity contribution >= 4 is 26.0 Å². The lowest BCUT2D eigenvalue weighted by Crippen LogP contribution is -2.41. The highest BCUT2D eigenvalue weighted by Gasteiger charge is 2.25. The summed E-state index contributed by atoms with van der Waals surface area (Å²) in [6.45, 7) is 1.93. The Balaban J connectivity index is 2.16. The zero-order valence-corrected chi connectivity index (χ0v) is 12.5. The Kier molecular flexibility index (Phi) is 4.25. The molecule has 98 valence electrons. The van der Waals surface area contributed by atoms with E-state index in [0.29, 0.717) is 4.90 Å². The minimum Gasteiger partial charge on any atom is -0.207 e. The van der Waals surface area contributed by atoms with Crippen molar-refractivity contribution in [1.29, 1.82) is 0 Å². The zero-order chi connectivity index (χ0) is 13.2. The molecule has 0 radical (unpaired) electrons. The molecule has 0 amide bonds. The van der Waals surface area contributed by atoms with Crippen molar-refractivity contribution in [1.82, 2.24) is 4.72 Å². The van der Waals surface area contributed by atoms with Crippen LogP contribution >= 0.6 is 15.9 Å². The molecule has 5 heteroatoms. The van der Waals surface area contributed by atoms with Gasteiger partial charge in [-0.05, 0) is 31.9 Å². The summed E-state index contributed by atoms with van der Waals surface area (Å²) in [5, 5.41) is 0. The smallest absolute Gasteiger partial charge is 0.207 e. The second-order valence-electron chi connectivity index (χ2n) is 4.50. The minimum absolute atomic E-state index is 0.0821. The van der Waals surface area contributed by atoms with E-state index in [2.05, 4.69) is 26.7 Å². The first kappa shape index (κ1) is 13.8. The number of hydrogen-bond donors (Lipinski definition) is 1. The fraction of sp³-hybridized carbons (Fsp3) is 0.385. The Bertz CT molecular complexity index is 537. The van der Waals surface area contributed by atoms with E-state index in [9.17, 15) is 8.42 Å². The van der Waals surface area contributed by atoms with Crippen LogP contribution in [0.5, 0.6) is 0 Å². The Morgan fingerprint density at radius 2 is 1.78 bits per heavy atom. The normalized spacial score (nSPS) is 24.1. The molecule has 0 unspecified atom stereocenters. The van der Waals surface area contributed by atoms with Gasteiger partial charge in [0.2, 0.25) is 10.0 Å². The molecule has 1 aliphatic carbocycles. The highest BCUT2D eigenvalue weighted by atomic mass is 79.9. The van der Waals surface area contributed by atoms with Gasteiger partial charge in [-0.2, -0.15) is 0 Å². The predicted octanol–water partition coefficient (Wildman–Crippen LogP) is 2.76. The number of alkyl halides is 1. The molecule has 1 aromatic rings. The van der Waals surface area contributed by atoms with Gasteiger partial charge in [0, 0.05) is 10.9 Å². The molecule has 0 fully saturated rings. The summed E-state index contributed by atoms with van der Waals surface area (Å²) in [4.78, 5) is 0.477. The number of sulfonamides is 1. The molecular formula is C13H16BrNO2S. The average Bonchev–Trinajstić information content (AvgIpc) is 2.32. The van der Waals surface area contributed by atoms with Gasteiger partial charge in [-0.15, -0.1) is 0 Å². The van der Waals surface area contributed by atoms with Crippen LogP contribution in [-0.2, 0) is 10.0 Å². The van der Waals surface area contributed by atoms with Crippen molar-refractivity contribution in [2.45, 2.75) is 35.5 Å². The Morgan fingerprint density at radius 1 is 1.17 bits per heavy atom. The van der Waals surface area contributed by atoms with Crippen molar-refractivity contribution in [3.63, 3.8) is 0 Å². The molecule has 18 heavy (non-hydrogen) atoms. The van der Waals surface area contributed by atoms with Crippen LogP contribution in [0.2, 0.25) is 0 Å². The summed E-state index contributed by atoms with van der Waals surface area (Å²) in [6, 6.07) is 6.81.